The number of nitrogens with one attached hydrogen (secondary N) is 1. The molecule has 1 heterocycles. The SMILES string of the molecule is Cc1ccc(-c2cc(C(F)(F)F)nn2-c2ccc(S(=O)(=O)NC(=O)C(C)(C)N(C)/[N+]([O-])=N\OC(C)OC(=O)C(C)(C)C)cc2)cc1. The molecule has 1 atom stereocenters. The van der Waals surface area contributed by atoms with E-state index in [2.05, 4.69) is 10.4 Å². The largest absolute Gasteiger partial charge is 0.569 e. The Hall–Kier alpha value is -4.67. The number of ether oxygens (including phenoxy) is 1. The minimum absolute atomic E-state index is 0.118. The smallest absolute Gasteiger partial charge is 0.435 e. The summed E-state index contributed by atoms with van der Waals surface area (Å²) in [6.45, 7) is 10.5. The first kappa shape index (κ1) is 35.8. The number of alkyl halides is 3. The number of aromatic nitrogens is 2. The zero-order valence-electron chi connectivity index (χ0n) is 26.4. The molecule has 1 unspecified atom stereocenters. The van der Waals surface area contributed by atoms with E-state index in [1.54, 1.807) is 45.0 Å². The Morgan fingerprint density at radius 2 is 1.61 bits per heavy atom. The van der Waals surface area contributed by atoms with Crippen LogP contribution in [-0.4, -0.2) is 58.9 Å². The van der Waals surface area contributed by atoms with Gasteiger partial charge in [0.1, 0.15) is 0 Å². The Kier molecular flexibility index (Phi) is 10.1. The van der Waals surface area contributed by atoms with E-state index < -0.39 is 51.0 Å². The summed E-state index contributed by atoms with van der Waals surface area (Å²) < 4.78 is 74.7. The summed E-state index contributed by atoms with van der Waals surface area (Å²) in [5.74, 6) is -1.73. The first-order valence-corrected chi connectivity index (χ1v) is 15.2. The lowest BCUT2D eigenvalue weighted by Crippen LogP contribution is -2.56. The zero-order valence-corrected chi connectivity index (χ0v) is 27.2. The van der Waals surface area contributed by atoms with E-state index >= 15 is 0 Å². The fraction of sp³-hybridized carbons (Fsp3) is 0.414. The van der Waals surface area contributed by atoms with Crippen molar-refractivity contribution in [3.05, 3.63) is 71.1 Å². The van der Waals surface area contributed by atoms with Gasteiger partial charge in [0.15, 0.2) is 11.2 Å². The van der Waals surface area contributed by atoms with Gasteiger partial charge in [-0.3, -0.25) is 14.4 Å². The van der Waals surface area contributed by atoms with Crippen LogP contribution in [-0.2, 0) is 35.4 Å². The molecule has 1 amide bonds. The van der Waals surface area contributed by atoms with Crippen molar-refractivity contribution < 1.29 is 45.7 Å². The minimum Gasteiger partial charge on any atom is -0.569 e. The van der Waals surface area contributed by atoms with Gasteiger partial charge in [-0.2, -0.15) is 18.3 Å². The van der Waals surface area contributed by atoms with Gasteiger partial charge in [-0.25, -0.2) is 17.8 Å². The van der Waals surface area contributed by atoms with Gasteiger partial charge in [-0.1, -0.05) is 29.8 Å². The van der Waals surface area contributed by atoms with Crippen molar-refractivity contribution in [3.63, 3.8) is 0 Å². The molecule has 3 aromatic rings. The first-order chi connectivity index (χ1) is 21.0. The Morgan fingerprint density at radius 3 is 2.13 bits per heavy atom. The number of carbonyl (C=O) groups is 2. The number of sulfonamides is 1. The third-order valence-corrected chi connectivity index (χ3v) is 8.08. The van der Waals surface area contributed by atoms with Gasteiger partial charge >= 0.3 is 12.1 Å². The summed E-state index contributed by atoms with van der Waals surface area (Å²) in [5, 5.41) is 20.2. The molecule has 0 bridgehead atoms. The third-order valence-electron chi connectivity index (χ3n) is 6.74. The van der Waals surface area contributed by atoms with E-state index in [4.69, 9.17) is 9.57 Å². The van der Waals surface area contributed by atoms with Crippen molar-refractivity contribution >= 4 is 21.9 Å². The highest BCUT2D eigenvalue weighted by Crippen LogP contribution is 2.33. The van der Waals surface area contributed by atoms with E-state index in [1.807, 2.05) is 11.6 Å². The lowest BCUT2D eigenvalue weighted by molar-refractivity contribution is -0.718. The average molecular weight is 669 g/mol. The van der Waals surface area contributed by atoms with Crippen LogP contribution in [0.3, 0.4) is 0 Å². The highest BCUT2D eigenvalue weighted by Gasteiger charge is 2.41. The zero-order chi connectivity index (χ0) is 34.8. The molecule has 0 aliphatic carbocycles. The number of esters is 1. The van der Waals surface area contributed by atoms with Crippen LogP contribution in [0.2, 0.25) is 0 Å². The summed E-state index contributed by atoms with van der Waals surface area (Å²) in [6, 6.07) is 12.3. The highest BCUT2D eigenvalue weighted by molar-refractivity contribution is 7.90. The maximum absolute atomic E-state index is 13.5. The lowest BCUT2D eigenvalue weighted by atomic mass is 9.97. The summed E-state index contributed by atoms with van der Waals surface area (Å²) in [4.78, 5) is 29.4. The van der Waals surface area contributed by atoms with Gasteiger partial charge in [-0.15, -0.1) is 5.01 Å². The van der Waals surface area contributed by atoms with E-state index in [1.165, 1.54) is 32.9 Å². The molecule has 13 nitrogen and oxygen atoms in total. The number of benzene rings is 2. The molecule has 1 aromatic heterocycles. The Morgan fingerprint density at radius 1 is 1.04 bits per heavy atom. The van der Waals surface area contributed by atoms with Gasteiger partial charge in [-0.05, 0) is 71.9 Å². The standard InChI is InChI=1S/C29H35F3N6O7S/c1-18-9-11-20(12-10-18)23-17-24(29(30,31)32)33-37(23)21-13-15-22(16-14-21)46(42,43)34-25(39)28(6,7)36(8)38(41)35-45-19(2)44-26(40)27(3,4)5/h9-17,19H,1-8H3,(H,34,39)/b38-35+. The van der Waals surface area contributed by atoms with Crippen molar-refractivity contribution in [1.29, 1.82) is 0 Å². The van der Waals surface area contributed by atoms with Crippen LogP contribution in [0.5, 0.6) is 0 Å². The van der Waals surface area contributed by atoms with Crippen LogP contribution < -0.4 is 4.72 Å². The maximum Gasteiger partial charge on any atom is 0.435 e. The van der Waals surface area contributed by atoms with Crippen molar-refractivity contribution in [2.45, 2.75) is 71.4 Å². The van der Waals surface area contributed by atoms with Crippen LogP contribution in [0.15, 0.2) is 64.8 Å². The summed E-state index contributed by atoms with van der Waals surface area (Å²) in [6.07, 6.45) is -5.97. The Labute approximate surface area is 264 Å². The number of aryl methyl sites for hydroxylation is 1. The molecular formula is C29H35F3N6O7S. The second-order valence-corrected chi connectivity index (χ2v) is 13.5. The molecule has 46 heavy (non-hydrogen) atoms. The second kappa shape index (κ2) is 13.0. The molecule has 0 spiro atoms. The molecule has 3 rings (SSSR count). The van der Waals surface area contributed by atoms with Crippen LogP contribution in [0.25, 0.3) is 16.9 Å². The average Bonchev–Trinajstić information content (AvgIpc) is 3.41. The van der Waals surface area contributed by atoms with Gasteiger partial charge < -0.3 is 9.94 Å². The number of hydrazine groups is 1. The van der Waals surface area contributed by atoms with Gasteiger partial charge in [0.05, 0.1) is 33.7 Å². The predicted octanol–water partition coefficient (Wildman–Crippen LogP) is 5.13. The molecule has 0 saturated carbocycles. The molecule has 0 radical (unpaired) electrons. The van der Waals surface area contributed by atoms with Crippen molar-refractivity contribution in [2.24, 2.45) is 10.7 Å². The normalized spacial score (nSPS) is 13.6. The number of carbonyl (C=O) groups excluding carboxylic acids is 2. The van der Waals surface area contributed by atoms with E-state index in [0.29, 0.717) is 5.56 Å². The minimum atomic E-state index is -4.73. The highest BCUT2D eigenvalue weighted by atomic mass is 32.2. The fourth-order valence-electron chi connectivity index (χ4n) is 3.59. The molecular weight excluding hydrogens is 633 g/mol. The molecule has 17 heteroatoms. The molecule has 0 saturated heterocycles. The number of hydrogen-bond donors (Lipinski definition) is 1. The van der Waals surface area contributed by atoms with E-state index in [-0.39, 0.29) is 21.2 Å². The van der Waals surface area contributed by atoms with Crippen molar-refractivity contribution in [2.75, 3.05) is 7.05 Å². The summed E-state index contributed by atoms with van der Waals surface area (Å²) in [5.41, 5.74) is -2.17. The molecule has 2 aromatic carbocycles. The van der Waals surface area contributed by atoms with E-state index in [0.717, 1.165) is 40.5 Å². The first-order valence-electron chi connectivity index (χ1n) is 13.7. The van der Waals surface area contributed by atoms with E-state index in [9.17, 15) is 36.4 Å². The molecule has 250 valence electrons. The Balaban J connectivity index is 1.79. The number of rotatable bonds is 10. The van der Waals surface area contributed by atoms with Crippen LogP contribution in [0.4, 0.5) is 13.2 Å². The number of likely N-dealkylation sites (N-methyl/N-ethyl adjacent to an activating group) is 1. The second-order valence-electron chi connectivity index (χ2n) is 11.9. The monoisotopic (exact) mass is 668 g/mol. The lowest BCUT2D eigenvalue weighted by Gasteiger charge is -2.29. The van der Waals surface area contributed by atoms with Crippen LogP contribution >= 0.6 is 0 Å². The van der Waals surface area contributed by atoms with Crippen molar-refractivity contribution in [3.8, 4) is 16.9 Å². The van der Waals surface area contributed by atoms with Gasteiger partial charge in [0.2, 0.25) is 5.28 Å². The molecule has 0 aliphatic heterocycles. The number of halogens is 3. The van der Waals surface area contributed by atoms with Crippen LogP contribution in [0, 0.1) is 17.5 Å². The molecule has 0 fully saturated rings. The predicted molar refractivity (Wildman–Crippen MR) is 158 cm³/mol. The quantitative estimate of drug-likeness (QED) is 0.102. The summed E-state index contributed by atoms with van der Waals surface area (Å²) >= 11 is 0. The topological polar surface area (TPSA) is 158 Å². The van der Waals surface area contributed by atoms with Gasteiger partial charge in [0.25, 0.3) is 22.2 Å². The number of hydrogen-bond acceptors (Lipinski definition) is 9. The van der Waals surface area contributed by atoms with Crippen molar-refractivity contribution in [1.82, 2.24) is 19.5 Å². The summed E-state index contributed by atoms with van der Waals surface area (Å²) in [7, 11) is -3.36. The Bertz CT molecular complexity index is 1710. The number of amides is 1. The number of nitrogens with zero attached hydrogens (tertiary/aromatic N) is 5. The fourth-order valence-corrected chi connectivity index (χ4v) is 4.70. The molecule has 0 aliphatic rings. The van der Waals surface area contributed by atoms with Crippen LogP contribution in [0.1, 0.15) is 52.8 Å². The molecule has 1 N–H and O–H groups in total. The third kappa shape index (κ3) is 8.32. The van der Waals surface area contributed by atoms with Gasteiger partial charge in [0, 0.05) is 12.5 Å². The maximum atomic E-state index is 13.5.